The number of nitrogens with zero attached hydrogens (tertiary/aromatic N) is 5. The molecule has 118 valence electrons. The van der Waals surface area contributed by atoms with Crippen LogP contribution < -0.4 is 5.73 Å². The van der Waals surface area contributed by atoms with Crippen LogP contribution in [0.4, 0.5) is 5.95 Å². The predicted octanol–water partition coefficient (Wildman–Crippen LogP) is -0.515. The summed E-state index contributed by atoms with van der Waals surface area (Å²) in [6.07, 6.45) is 1.97. The van der Waals surface area contributed by atoms with Crippen molar-refractivity contribution < 1.29 is 4.79 Å². The zero-order chi connectivity index (χ0) is 15.4. The number of hydrogen-bond acceptors (Lipinski definition) is 6. The number of carbonyl (C=O) groups is 1. The number of nitrogen functional groups attached to an aromatic ring is 1. The molecule has 0 atom stereocenters. The molecular formula is C13H25N7O. The van der Waals surface area contributed by atoms with E-state index in [0.717, 1.165) is 32.5 Å². The van der Waals surface area contributed by atoms with Crippen molar-refractivity contribution in [2.75, 3.05) is 53.1 Å². The Labute approximate surface area is 125 Å². The molecule has 1 aliphatic heterocycles. The van der Waals surface area contributed by atoms with Gasteiger partial charge in [0, 0.05) is 19.1 Å². The van der Waals surface area contributed by atoms with Crippen LogP contribution >= 0.6 is 0 Å². The molecule has 2 heterocycles. The number of aromatic nitrogens is 3. The van der Waals surface area contributed by atoms with E-state index >= 15 is 0 Å². The number of rotatable bonds is 5. The average molecular weight is 295 g/mol. The number of likely N-dealkylation sites (N-methyl/N-ethyl adjacent to an activating group) is 1. The highest BCUT2D eigenvalue weighted by Gasteiger charge is 2.29. The standard InChI is InChI=1S/C13H25N7O/c1-18(2)8-9-20(10-4-6-19(3)7-5-10)12(21)11-15-13(14)17-16-11/h10H,4-9H2,1-3H3,(H3,14,15,16,17). The van der Waals surface area contributed by atoms with Gasteiger partial charge in [-0.05, 0) is 47.1 Å². The molecule has 1 fully saturated rings. The van der Waals surface area contributed by atoms with E-state index in [1.807, 2.05) is 19.0 Å². The Hall–Kier alpha value is -1.67. The summed E-state index contributed by atoms with van der Waals surface area (Å²) >= 11 is 0. The number of hydrogen-bond donors (Lipinski definition) is 2. The molecule has 1 aromatic heterocycles. The highest BCUT2D eigenvalue weighted by Crippen LogP contribution is 2.17. The van der Waals surface area contributed by atoms with Gasteiger partial charge in [-0.2, -0.15) is 4.98 Å². The van der Waals surface area contributed by atoms with E-state index in [1.54, 1.807) is 0 Å². The fourth-order valence-corrected chi connectivity index (χ4v) is 2.57. The summed E-state index contributed by atoms with van der Waals surface area (Å²) < 4.78 is 0. The van der Waals surface area contributed by atoms with Crippen molar-refractivity contribution in [1.82, 2.24) is 29.9 Å². The number of likely N-dealkylation sites (tertiary alicyclic amines) is 1. The minimum Gasteiger partial charge on any atom is -0.366 e. The number of nitrogens with one attached hydrogen (secondary N) is 1. The molecule has 8 heteroatoms. The zero-order valence-electron chi connectivity index (χ0n) is 13.0. The van der Waals surface area contributed by atoms with Gasteiger partial charge >= 0.3 is 0 Å². The summed E-state index contributed by atoms with van der Waals surface area (Å²) in [5.74, 6) is 0.218. The second-order valence-electron chi connectivity index (χ2n) is 5.88. The summed E-state index contributed by atoms with van der Waals surface area (Å²) in [7, 11) is 6.12. The van der Waals surface area contributed by atoms with Crippen molar-refractivity contribution >= 4 is 11.9 Å². The number of piperidine rings is 1. The highest BCUT2D eigenvalue weighted by atomic mass is 16.2. The van der Waals surface area contributed by atoms with Crippen molar-refractivity contribution in [1.29, 1.82) is 0 Å². The van der Waals surface area contributed by atoms with Gasteiger partial charge < -0.3 is 20.4 Å². The Morgan fingerprint density at radius 1 is 1.38 bits per heavy atom. The fourth-order valence-electron chi connectivity index (χ4n) is 2.57. The molecule has 2 rings (SSSR count). The maximum absolute atomic E-state index is 12.7. The lowest BCUT2D eigenvalue weighted by molar-refractivity contribution is 0.0563. The number of carbonyl (C=O) groups excluding carboxylic acids is 1. The molecule has 0 bridgehead atoms. The largest absolute Gasteiger partial charge is 0.366 e. The molecule has 0 aromatic carbocycles. The van der Waals surface area contributed by atoms with Crippen LogP contribution in [0.5, 0.6) is 0 Å². The Morgan fingerprint density at radius 3 is 2.57 bits per heavy atom. The number of anilines is 1. The summed E-state index contributed by atoms with van der Waals surface area (Å²) in [6.45, 7) is 3.52. The summed E-state index contributed by atoms with van der Waals surface area (Å²) in [4.78, 5) is 22.9. The van der Waals surface area contributed by atoms with Gasteiger partial charge in [0.25, 0.3) is 5.91 Å². The Bertz CT molecular complexity index is 465. The first-order valence-electron chi connectivity index (χ1n) is 7.29. The topological polar surface area (TPSA) is 94.4 Å². The Kier molecular flexibility index (Phi) is 5.13. The Morgan fingerprint density at radius 2 is 2.05 bits per heavy atom. The lowest BCUT2D eigenvalue weighted by Crippen LogP contribution is -2.48. The van der Waals surface area contributed by atoms with Crippen molar-refractivity contribution in [2.24, 2.45) is 0 Å². The van der Waals surface area contributed by atoms with Gasteiger partial charge in [-0.25, -0.2) is 0 Å². The molecule has 0 radical (unpaired) electrons. The van der Waals surface area contributed by atoms with Gasteiger partial charge in [-0.15, -0.1) is 5.10 Å². The minimum atomic E-state index is -0.115. The first kappa shape index (κ1) is 15.7. The lowest BCUT2D eigenvalue weighted by atomic mass is 10.0. The minimum absolute atomic E-state index is 0.106. The molecule has 8 nitrogen and oxygen atoms in total. The molecule has 3 N–H and O–H groups in total. The van der Waals surface area contributed by atoms with Crippen molar-refractivity contribution in [3.8, 4) is 0 Å². The normalized spacial score (nSPS) is 17.3. The summed E-state index contributed by atoms with van der Waals surface area (Å²) in [5.41, 5.74) is 5.50. The number of H-pyrrole nitrogens is 1. The Balaban J connectivity index is 2.09. The maximum atomic E-state index is 12.7. The third kappa shape index (κ3) is 4.15. The smallest absolute Gasteiger partial charge is 0.291 e. The van der Waals surface area contributed by atoms with E-state index in [-0.39, 0.29) is 23.7 Å². The first-order valence-corrected chi connectivity index (χ1v) is 7.29. The quantitative estimate of drug-likeness (QED) is 0.759. The van der Waals surface area contributed by atoms with E-state index in [4.69, 9.17) is 5.73 Å². The molecule has 1 saturated heterocycles. The second kappa shape index (κ2) is 6.86. The van der Waals surface area contributed by atoms with Crippen LogP contribution in [-0.2, 0) is 0 Å². The van der Waals surface area contributed by atoms with Crippen LogP contribution in [0.15, 0.2) is 0 Å². The molecule has 21 heavy (non-hydrogen) atoms. The van der Waals surface area contributed by atoms with Gasteiger partial charge in [-0.1, -0.05) is 0 Å². The van der Waals surface area contributed by atoms with Crippen LogP contribution in [0.2, 0.25) is 0 Å². The van der Waals surface area contributed by atoms with Crippen LogP contribution in [0.3, 0.4) is 0 Å². The van der Waals surface area contributed by atoms with Crippen LogP contribution in [0.25, 0.3) is 0 Å². The van der Waals surface area contributed by atoms with E-state index in [9.17, 15) is 4.79 Å². The van der Waals surface area contributed by atoms with Crippen LogP contribution in [-0.4, -0.2) is 89.2 Å². The molecule has 0 spiro atoms. The molecule has 1 aromatic rings. The van der Waals surface area contributed by atoms with Gasteiger partial charge in [0.2, 0.25) is 11.8 Å². The zero-order valence-corrected chi connectivity index (χ0v) is 13.0. The van der Waals surface area contributed by atoms with Gasteiger partial charge in [0.05, 0.1) is 0 Å². The number of nitrogens with two attached hydrogens (primary N) is 1. The van der Waals surface area contributed by atoms with E-state index in [0.29, 0.717) is 6.54 Å². The first-order chi connectivity index (χ1) is 9.97. The fraction of sp³-hybridized carbons (Fsp3) is 0.769. The van der Waals surface area contributed by atoms with Crippen LogP contribution in [0.1, 0.15) is 23.5 Å². The highest BCUT2D eigenvalue weighted by molar-refractivity contribution is 5.91. The monoisotopic (exact) mass is 295 g/mol. The third-order valence-corrected chi connectivity index (χ3v) is 3.88. The predicted molar refractivity (Wildman–Crippen MR) is 80.9 cm³/mol. The SMILES string of the molecule is CN(C)CCN(C(=O)c1nc(N)n[nH]1)C1CCN(C)CC1. The van der Waals surface area contributed by atoms with Gasteiger partial charge in [-0.3, -0.25) is 9.89 Å². The van der Waals surface area contributed by atoms with Crippen LogP contribution in [0, 0.1) is 0 Å². The molecule has 0 aliphatic carbocycles. The van der Waals surface area contributed by atoms with Crippen molar-refractivity contribution in [3.05, 3.63) is 5.82 Å². The maximum Gasteiger partial charge on any atom is 0.291 e. The van der Waals surface area contributed by atoms with Crippen molar-refractivity contribution in [3.63, 3.8) is 0 Å². The summed E-state index contributed by atoms with van der Waals surface area (Å²) in [5, 5.41) is 6.37. The second-order valence-corrected chi connectivity index (χ2v) is 5.88. The molecular weight excluding hydrogens is 270 g/mol. The van der Waals surface area contributed by atoms with E-state index < -0.39 is 0 Å². The molecule has 1 amide bonds. The van der Waals surface area contributed by atoms with E-state index in [1.165, 1.54) is 0 Å². The summed E-state index contributed by atoms with van der Waals surface area (Å²) in [6, 6.07) is 0.250. The van der Waals surface area contributed by atoms with Crippen molar-refractivity contribution in [2.45, 2.75) is 18.9 Å². The van der Waals surface area contributed by atoms with Gasteiger partial charge in [0.15, 0.2) is 0 Å². The molecule has 0 unspecified atom stereocenters. The number of aromatic amines is 1. The number of amides is 1. The molecule has 0 saturated carbocycles. The van der Waals surface area contributed by atoms with E-state index in [2.05, 4.69) is 32.0 Å². The third-order valence-electron chi connectivity index (χ3n) is 3.88. The van der Waals surface area contributed by atoms with Gasteiger partial charge in [0.1, 0.15) is 0 Å². The molecule has 1 aliphatic rings. The lowest BCUT2D eigenvalue weighted by Gasteiger charge is -2.37. The average Bonchev–Trinajstić information content (AvgIpc) is 2.87.